The molecule has 2 rings (SSSR count). The van der Waals surface area contributed by atoms with Gasteiger partial charge in [-0.05, 0) is 18.6 Å². The topological polar surface area (TPSA) is 44.2 Å². The van der Waals surface area contributed by atoms with Crippen LogP contribution in [0.4, 0.5) is 0 Å². The molecule has 0 aliphatic rings. The monoisotopic (exact) mass is 342 g/mol. The van der Waals surface area contributed by atoms with Crippen molar-refractivity contribution in [3.8, 4) is 22.1 Å². The smallest absolute Gasteiger partial charge is 0.151 e. The predicted octanol–water partition coefficient (Wildman–Crippen LogP) is 4.07. The third kappa shape index (κ3) is 3.06. The van der Waals surface area contributed by atoms with E-state index >= 15 is 0 Å². The molecule has 19 heavy (non-hydrogen) atoms. The zero-order valence-electron chi connectivity index (χ0n) is 11.0. The van der Waals surface area contributed by atoms with E-state index in [2.05, 4.69) is 33.1 Å². The molecule has 4 nitrogen and oxygen atoms in total. The maximum Gasteiger partial charge on any atom is 0.151 e. The number of ether oxygens (including phenoxy) is 2. The van der Waals surface area contributed by atoms with E-state index in [1.54, 1.807) is 25.6 Å². The first-order valence-electron chi connectivity index (χ1n) is 5.89. The minimum atomic E-state index is 0.253. The molecule has 0 radical (unpaired) electrons. The molecule has 0 N–H and O–H groups in total. The van der Waals surface area contributed by atoms with Crippen LogP contribution in [0.5, 0.6) is 11.5 Å². The lowest BCUT2D eigenvalue weighted by Gasteiger charge is -2.07. The van der Waals surface area contributed by atoms with Gasteiger partial charge in [0.15, 0.2) is 5.01 Å². The lowest BCUT2D eigenvalue weighted by atomic mass is 10.2. The number of rotatable bonds is 5. The van der Waals surface area contributed by atoms with Crippen LogP contribution in [0.3, 0.4) is 0 Å². The summed E-state index contributed by atoms with van der Waals surface area (Å²) in [7, 11) is 3.27. The highest BCUT2D eigenvalue weighted by Crippen LogP contribution is 2.37. The molecule has 0 amide bonds. The Morgan fingerprint density at radius 1 is 1.26 bits per heavy atom. The van der Waals surface area contributed by atoms with E-state index in [4.69, 9.17) is 9.47 Å². The third-order valence-electron chi connectivity index (χ3n) is 2.71. The van der Waals surface area contributed by atoms with Crippen molar-refractivity contribution in [1.29, 1.82) is 0 Å². The lowest BCUT2D eigenvalue weighted by Crippen LogP contribution is -1.90. The van der Waals surface area contributed by atoms with Gasteiger partial charge in [-0.2, -0.15) is 0 Å². The average molecular weight is 343 g/mol. The fourth-order valence-corrected chi connectivity index (χ4v) is 2.93. The Balaban J connectivity index is 2.38. The van der Waals surface area contributed by atoms with Crippen LogP contribution in [0.15, 0.2) is 18.2 Å². The van der Waals surface area contributed by atoms with E-state index in [9.17, 15) is 0 Å². The highest BCUT2D eigenvalue weighted by Gasteiger charge is 2.16. The molecule has 0 aliphatic heterocycles. The van der Waals surface area contributed by atoms with Gasteiger partial charge in [-0.25, -0.2) is 0 Å². The van der Waals surface area contributed by atoms with Crippen molar-refractivity contribution in [2.24, 2.45) is 0 Å². The van der Waals surface area contributed by atoms with Gasteiger partial charge in [0.1, 0.15) is 16.5 Å². The van der Waals surface area contributed by atoms with Crippen molar-refractivity contribution in [1.82, 2.24) is 10.2 Å². The van der Waals surface area contributed by atoms with Crippen LogP contribution in [-0.2, 0) is 0 Å². The SMILES string of the molecule is CCC(Br)c1nnc(-c2ccc(OC)cc2OC)s1. The molecule has 1 heterocycles. The first-order valence-corrected chi connectivity index (χ1v) is 7.62. The molecule has 0 bridgehead atoms. The highest BCUT2D eigenvalue weighted by atomic mass is 79.9. The van der Waals surface area contributed by atoms with E-state index < -0.39 is 0 Å². The van der Waals surface area contributed by atoms with E-state index in [0.717, 1.165) is 33.5 Å². The summed E-state index contributed by atoms with van der Waals surface area (Å²) in [6.07, 6.45) is 0.981. The van der Waals surface area contributed by atoms with Crippen LogP contribution in [0.2, 0.25) is 0 Å². The molecule has 1 unspecified atom stereocenters. The first kappa shape index (κ1) is 14.3. The normalized spacial score (nSPS) is 12.2. The number of aromatic nitrogens is 2. The molecule has 1 aromatic heterocycles. The summed E-state index contributed by atoms with van der Waals surface area (Å²) in [6.45, 7) is 2.11. The van der Waals surface area contributed by atoms with Crippen molar-refractivity contribution in [2.75, 3.05) is 14.2 Å². The Labute approximate surface area is 124 Å². The first-order chi connectivity index (χ1) is 9.19. The largest absolute Gasteiger partial charge is 0.497 e. The Hall–Kier alpha value is -1.14. The number of halogens is 1. The fourth-order valence-electron chi connectivity index (χ4n) is 1.62. The highest BCUT2D eigenvalue weighted by molar-refractivity contribution is 9.09. The van der Waals surface area contributed by atoms with Crippen molar-refractivity contribution in [3.63, 3.8) is 0 Å². The van der Waals surface area contributed by atoms with Gasteiger partial charge in [-0.1, -0.05) is 34.2 Å². The van der Waals surface area contributed by atoms with E-state index in [1.807, 2.05) is 18.2 Å². The molecule has 1 atom stereocenters. The maximum absolute atomic E-state index is 5.39. The van der Waals surface area contributed by atoms with Gasteiger partial charge in [0.25, 0.3) is 0 Å². The van der Waals surface area contributed by atoms with Crippen LogP contribution < -0.4 is 9.47 Å². The molecule has 0 saturated heterocycles. The van der Waals surface area contributed by atoms with Gasteiger partial charge in [-0.15, -0.1) is 10.2 Å². The second kappa shape index (κ2) is 6.34. The molecule has 6 heteroatoms. The molecular weight excluding hydrogens is 328 g/mol. The summed E-state index contributed by atoms with van der Waals surface area (Å²) in [4.78, 5) is 0.253. The van der Waals surface area contributed by atoms with Crippen LogP contribution in [0, 0.1) is 0 Å². The minimum Gasteiger partial charge on any atom is -0.497 e. The quantitative estimate of drug-likeness (QED) is 0.768. The fraction of sp³-hybridized carbons (Fsp3) is 0.385. The second-order valence-electron chi connectivity index (χ2n) is 3.89. The van der Waals surface area contributed by atoms with Crippen molar-refractivity contribution in [2.45, 2.75) is 18.2 Å². The Morgan fingerprint density at radius 3 is 2.68 bits per heavy atom. The standard InChI is InChI=1S/C13H15BrN2O2S/c1-4-10(14)13-16-15-12(19-13)9-6-5-8(17-2)7-11(9)18-3/h5-7,10H,4H2,1-3H3. The number of nitrogens with zero attached hydrogens (tertiary/aromatic N) is 2. The average Bonchev–Trinajstić information content (AvgIpc) is 2.95. The molecule has 0 fully saturated rings. The van der Waals surface area contributed by atoms with Gasteiger partial charge in [0.05, 0.1) is 24.6 Å². The van der Waals surface area contributed by atoms with Crippen molar-refractivity contribution < 1.29 is 9.47 Å². The number of alkyl halides is 1. The molecule has 102 valence electrons. The van der Waals surface area contributed by atoms with E-state index in [1.165, 1.54) is 0 Å². The summed E-state index contributed by atoms with van der Waals surface area (Å²) >= 11 is 5.16. The number of hydrogen-bond acceptors (Lipinski definition) is 5. The zero-order chi connectivity index (χ0) is 13.8. The molecule has 0 aliphatic carbocycles. The van der Waals surface area contributed by atoms with Crippen LogP contribution in [0.1, 0.15) is 23.2 Å². The summed E-state index contributed by atoms with van der Waals surface area (Å²) < 4.78 is 10.6. The molecular formula is C13H15BrN2O2S. The Kier molecular flexibility index (Phi) is 4.76. The number of hydrogen-bond donors (Lipinski definition) is 0. The van der Waals surface area contributed by atoms with Crippen molar-refractivity contribution >= 4 is 27.3 Å². The summed E-state index contributed by atoms with van der Waals surface area (Å²) in [6, 6.07) is 5.68. The maximum atomic E-state index is 5.39. The Bertz CT molecular complexity index is 559. The third-order valence-corrected chi connectivity index (χ3v) is 5.16. The van der Waals surface area contributed by atoms with Gasteiger partial charge < -0.3 is 9.47 Å². The van der Waals surface area contributed by atoms with Crippen LogP contribution in [-0.4, -0.2) is 24.4 Å². The van der Waals surface area contributed by atoms with Gasteiger partial charge in [0, 0.05) is 6.07 Å². The van der Waals surface area contributed by atoms with Crippen molar-refractivity contribution in [3.05, 3.63) is 23.2 Å². The van der Waals surface area contributed by atoms with Gasteiger partial charge in [-0.3, -0.25) is 0 Å². The number of benzene rings is 1. The lowest BCUT2D eigenvalue weighted by molar-refractivity contribution is 0.395. The second-order valence-corrected chi connectivity index (χ2v) is 6.00. The van der Waals surface area contributed by atoms with Gasteiger partial charge in [0.2, 0.25) is 0 Å². The summed E-state index contributed by atoms with van der Waals surface area (Å²) in [5.41, 5.74) is 0.933. The van der Waals surface area contributed by atoms with Crippen LogP contribution >= 0.6 is 27.3 Å². The molecule has 0 spiro atoms. The summed E-state index contributed by atoms with van der Waals surface area (Å²) in [5.74, 6) is 1.50. The van der Waals surface area contributed by atoms with Crippen LogP contribution in [0.25, 0.3) is 10.6 Å². The predicted molar refractivity (Wildman–Crippen MR) is 80.4 cm³/mol. The van der Waals surface area contributed by atoms with Gasteiger partial charge >= 0.3 is 0 Å². The molecule has 0 saturated carbocycles. The minimum absolute atomic E-state index is 0.253. The van der Waals surface area contributed by atoms with E-state index in [-0.39, 0.29) is 4.83 Å². The Morgan fingerprint density at radius 2 is 2.05 bits per heavy atom. The molecule has 2 aromatic rings. The number of methoxy groups -OCH3 is 2. The van der Waals surface area contributed by atoms with E-state index in [0.29, 0.717) is 0 Å². The molecule has 1 aromatic carbocycles. The summed E-state index contributed by atoms with van der Waals surface area (Å²) in [5, 5.41) is 10.3. The zero-order valence-corrected chi connectivity index (χ0v) is 13.4.